The number of hydrogen-bond acceptors (Lipinski definition) is 6. The van der Waals surface area contributed by atoms with Crippen molar-refractivity contribution < 1.29 is 9.59 Å². The van der Waals surface area contributed by atoms with Crippen molar-refractivity contribution in [2.45, 2.75) is 38.3 Å². The smallest absolute Gasteiger partial charge is 0.333 e. The Kier molecular flexibility index (Phi) is 7.88. The van der Waals surface area contributed by atoms with Crippen molar-refractivity contribution in [2.75, 3.05) is 26.0 Å². The minimum absolute atomic E-state index is 0.0423. The van der Waals surface area contributed by atoms with E-state index in [1.165, 1.54) is 6.20 Å². The number of carbonyl (C=O) groups excluding carboxylic acids is 2. The van der Waals surface area contributed by atoms with Gasteiger partial charge >= 0.3 is 5.69 Å². The van der Waals surface area contributed by atoms with Crippen molar-refractivity contribution in [3.05, 3.63) is 81.6 Å². The van der Waals surface area contributed by atoms with Crippen molar-refractivity contribution in [2.24, 2.45) is 5.92 Å². The number of para-hydroxylation sites is 2. The van der Waals surface area contributed by atoms with Gasteiger partial charge < -0.3 is 15.5 Å². The summed E-state index contributed by atoms with van der Waals surface area (Å²) in [6.45, 7) is 0.583. The number of benzene rings is 1. The average Bonchev–Trinajstić information content (AvgIpc) is 3.24. The molecule has 10 nitrogen and oxygen atoms in total. The zero-order valence-electron chi connectivity index (χ0n) is 22.7. The molecule has 0 radical (unpaired) electrons. The minimum atomic E-state index is -0.282. The summed E-state index contributed by atoms with van der Waals surface area (Å²) in [5, 5.41) is 6.13. The number of halogens is 1. The second-order valence-electron chi connectivity index (χ2n) is 10.3. The van der Waals surface area contributed by atoms with Gasteiger partial charge in [0.25, 0.3) is 11.8 Å². The van der Waals surface area contributed by atoms with Crippen LogP contribution in [-0.4, -0.2) is 58.1 Å². The molecule has 3 aromatic heterocycles. The van der Waals surface area contributed by atoms with Gasteiger partial charge in [-0.1, -0.05) is 23.7 Å². The van der Waals surface area contributed by atoms with Gasteiger partial charge in [0.15, 0.2) is 0 Å². The molecule has 40 heavy (non-hydrogen) atoms. The quantitative estimate of drug-likeness (QED) is 0.356. The molecule has 0 saturated heterocycles. The highest BCUT2D eigenvalue weighted by molar-refractivity contribution is 6.31. The number of nitrogens with zero attached hydrogens (tertiary/aromatic N) is 5. The second-order valence-corrected chi connectivity index (χ2v) is 10.7. The Labute approximate surface area is 237 Å². The summed E-state index contributed by atoms with van der Waals surface area (Å²) in [5.74, 6) is 0.404. The molecule has 0 aliphatic heterocycles. The zero-order chi connectivity index (χ0) is 28.4. The van der Waals surface area contributed by atoms with Crippen LogP contribution < -0.4 is 21.2 Å². The van der Waals surface area contributed by atoms with Crippen LogP contribution in [0.25, 0.3) is 16.7 Å². The molecule has 208 valence electrons. The lowest BCUT2D eigenvalue weighted by Gasteiger charge is -2.29. The normalized spacial score (nSPS) is 17.0. The SMILES string of the molecule is CNC(=O)c1ccc(-n2c(=O)n(C[C@H]3CC[C@H](NC(=O)c4cc(Cl)cnc4N(C)C)CC3)c3ccccc32)cn1. The van der Waals surface area contributed by atoms with Crippen molar-refractivity contribution in [3.63, 3.8) is 0 Å². The molecular weight excluding hydrogens is 530 g/mol. The summed E-state index contributed by atoms with van der Waals surface area (Å²) in [5.41, 5.74) is 2.84. The van der Waals surface area contributed by atoms with Crippen molar-refractivity contribution >= 4 is 40.3 Å². The van der Waals surface area contributed by atoms with E-state index in [9.17, 15) is 14.4 Å². The topological polar surface area (TPSA) is 114 Å². The van der Waals surface area contributed by atoms with Crippen LogP contribution >= 0.6 is 11.6 Å². The third kappa shape index (κ3) is 5.44. The number of carbonyl (C=O) groups is 2. The number of pyridine rings is 2. The summed E-state index contributed by atoms with van der Waals surface area (Å²) in [6.07, 6.45) is 6.49. The molecule has 0 atom stereocenters. The van der Waals surface area contributed by atoms with Gasteiger partial charge in [-0.15, -0.1) is 0 Å². The Balaban J connectivity index is 1.30. The van der Waals surface area contributed by atoms with Crippen LogP contribution in [0.4, 0.5) is 5.82 Å². The van der Waals surface area contributed by atoms with Crippen LogP contribution in [0.3, 0.4) is 0 Å². The number of aromatic nitrogens is 4. The first kappa shape index (κ1) is 27.4. The largest absolute Gasteiger partial charge is 0.362 e. The van der Waals surface area contributed by atoms with Crippen LogP contribution in [0.1, 0.15) is 46.5 Å². The van der Waals surface area contributed by atoms with E-state index in [0.717, 1.165) is 36.7 Å². The van der Waals surface area contributed by atoms with Crippen LogP contribution in [0.2, 0.25) is 5.02 Å². The fourth-order valence-corrected chi connectivity index (χ4v) is 5.54. The molecule has 1 aromatic carbocycles. The Hall–Kier alpha value is -4.18. The standard InChI is InChI=1S/C29H32ClN7O3/c1-31-28(39)23-13-12-21(16-32-23)37-25-7-5-4-6-24(25)36(29(37)40)17-18-8-10-20(11-9-18)34-27(38)22-14-19(30)15-33-26(22)35(2)3/h4-7,12-16,18,20H,8-11,17H2,1-3H3,(H,31,39)(H,34,38)/t18-,20-. The summed E-state index contributed by atoms with van der Waals surface area (Å²) >= 11 is 6.11. The maximum absolute atomic E-state index is 13.7. The first-order valence-electron chi connectivity index (χ1n) is 13.3. The van der Waals surface area contributed by atoms with Crippen LogP contribution in [0.15, 0.2) is 59.7 Å². The molecule has 2 amide bonds. The predicted molar refractivity (Wildman–Crippen MR) is 156 cm³/mol. The summed E-state index contributed by atoms with van der Waals surface area (Å²) in [7, 11) is 5.23. The highest BCUT2D eigenvalue weighted by Crippen LogP contribution is 2.28. The van der Waals surface area contributed by atoms with Gasteiger partial charge in [-0.3, -0.25) is 18.7 Å². The fraction of sp³-hybridized carbons (Fsp3) is 0.345. The molecule has 1 aliphatic rings. The van der Waals surface area contributed by atoms with Gasteiger partial charge in [0.05, 0.1) is 33.5 Å². The number of rotatable bonds is 7. The van der Waals surface area contributed by atoms with Gasteiger partial charge in [0.1, 0.15) is 11.5 Å². The number of amides is 2. The molecule has 5 rings (SSSR count). The predicted octanol–water partition coefficient (Wildman–Crippen LogP) is 3.65. The number of imidazole rings is 1. The van der Waals surface area contributed by atoms with Gasteiger partial charge in [0, 0.05) is 39.9 Å². The number of fused-ring (bicyclic) bond motifs is 1. The minimum Gasteiger partial charge on any atom is -0.362 e. The highest BCUT2D eigenvalue weighted by Gasteiger charge is 2.26. The first-order valence-corrected chi connectivity index (χ1v) is 13.7. The van der Waals surface area contributed by atoms with E-state index in [2.05, 4.69) is 20.6 Å². The fourth-order valence-electron chi connectivity index (χ4n) is 5.38. The molecule has 1 fully saturated rings. The van der Waals surface area contributed by atoms with E-state index in [0.29, 0.717) is 34.6 Å². The number of nitrogens with one attached hydrogen (secondary N) is 2. The van der Waals surface area contributed by atoms with Crippen molar-refractivity contribution in [3.8, 4) is 5.69 Å². The number of anilines is 1. The lowest BCUT2D eigenvalue weighted by molar-refractivity contribution is 0.0919. The van der Waals surface area contributed by atoms with E-state index in [1.807, 2.05) is 42.9 Å². The van der Waals surface area contributed by atoms with Gasteiger partial charge in [-0.25, -0.2) is 14.8 Å². The van der Waals surface area contributed by atoms with Gasteiger partial charge in [-0.2, -0.15) is 0 Å². The van der Waals surface area contributed by atoms with Gasteiger partial charge in [-0.05, 0) is 61.9 Å². The van der Waals surface area contributed by atoms with Crippen LogP contribution in [0.5, 0.6) is 0 Å². The lowest BCUT2D eigenvalue weighted by atomic mass is 9.85. The zero-order valence-corrected chi connectivity index (χ0v) is 23.5. The van der Waals surface area contributed by atoms with E-state index in [1.54, 1.807) is 40.9 Å². The Bertz CT molecular complexity index is 1600. The van der Waals surface area contributed by atoms with Gasteiger partial charge in [0.2, 0.25) is 0 Å². The van der Waals surface area contributed by atoms with Crippen molar-refractivity contribution in [1.29, 1.82) is 0 Å². The molecular formula is C29H32ClN7O3. The maximum Gasteiger partial charge on any atom is 0.333 e. The summed E-state index contributed by atoms with van der Waals surface area (Å²) in [4.78, 5) is 48.9. The van der Waals surface area contributed by atoms with Crippen LogP contribution in [-0.2, 0) is 6.54 Å². The molecule has 0 spiro atoms. The number of hydrogen-bond donors (Lipinski definition) is 2. The third-order valence-electron chi connectivity index (χ3n) is 7.43. The highest BCUT2D eigenvalue weighted by atomic mass is 35.5. The Morgan fingerprint density at radius 2 is 1.73 bits per heavy atom. The molecule has 4 aromatic rings. The average molecular weight is 562 g/mol. The van der Waals surface area contributed by atoms with E-state index in [4.69, 9.17) is 11.6 Å². The second kappa shape index (κ2) is 11.5. The Morgan fingerprint density at radius 3 is 2.38 bits per heavy atom. The summed E-state index contributed by atoms with van der Waals surface area (Å²) < 4.78 is 3.47. The maximum atomic E-state index is 13.7. The molecule has 1 saturated carbocycles. The molecule has 0 bridgehead atoms. The van der Waals surface area contributed by atoms with Crippen LogP contribution in [0, 0.1) is 5.92 Å². The molecule has 1 aliphatic carbocycles. The first-order chi connectivity index (χ1) is 19.3. The monoisotopic (exact) mass is 561 g/mol. The van der Waals surface area contributed by atoms with Crippen molar-refractivity contribution in [1.82, 2.24) is 29.7 Å². The molecule has 3 heterocycles. The summed E-state index contributed by atoms with van der Waals surface area (Å²) in [6, 6.07) is 12.7. The van der Waals surface area contributed by atoms with E-state index >= 15 is 0 Å². The Morgan fingerprint density at radius 1 is 1.00 bits per heavy atom. The molecule has 0 unspecified atom stereocenters. The molecule has 11 heteroatoms. The third-order valence-corrected chi connectivity index (χ3v) is 7.63. The van der Waals surface area contributed by atoms with E-state index in [-0.39, 0.29) is 29.2 Å². The molecule has 2 N–H and O–H groups in total. The lowest BCUT2D eigenvalue weighted by Crippen LogP contribution is -2.39. The van der Waals surface area contributed by atoms with E-state index < -0.39 is 0 Å².